The molecule has 1 aliphatic rings. The molecule has 178 valence electrons. The van der Waals surface area contributed by atoms with Crippen molar-refractivity contribution in [2.75, 3.05) is 13.2 Å². The van der Waals surface area contributed by atoms with E-state index in [1.165, 1.54) is 48.5 Å². The molecule has 33 heavy (non-hydrogen) atoms. The first-order valence-electron chi connectivity index (χ1n) is 10.0. The van der Waals surface area contributed by atoms with Gasteiger partial charge in [0.25, 0.3) is 11.4 Å². The summed E-state index contributed by atoms with van der Waals surface area (Å²) in [5.41, 5.74) is -0.179. The average molecular weight is 464 g/mol. The van der Waals surface area contributed by atoms with Gasteiger partial charge in [0.05, 0.1) is 9.85 Å². The summed E-state index contributed by atoms with van der Waals surface area (Å²) in [5.74, 6) is -0.453. The zero-order valence-electron chi connectivity index (χ0n) is 17.9. The van der Waals surface area contributed by atoms with Gasteiger partial charge in [-0.2, -0.15) is 0 Å². The zero-order chi connectivity index (χ0) is 24.2. The molecule has 2 N–H and O–H groups in total. The van der Waals surface area contributed by atoms with Crippen LogP contribution >= 0.6 is 0 Å². The summed E-state index contributed by atoms with van der Waals surface area (Å²) >= 11 is 0. The lowest BCUT2D eigenvalue weighted by atomic mass is 10.0. The second kappa shape index (κ2) is 10.1. The quantitative estimate of drug-likeness (QED) is 0.393. The number of aliphatic hydroxyl groups excluding tert-OH is 2. The number of hydrogen-bond donors (Lipinski definition) is 2. The molecule has 4 atom stereocenters. The highest BCUT2D eigenvalue weighted by Crippen LogP contribution is 2.32. The molecule has 1 fully saturated rings. The number of non-ortho nitro benzene ring substituents is 2. The first kappa shape index (κ1) is 24.3. The summed E-state index contributed by atoms with van der Waals surface area (Å²) in [6.45, 7) is 2.84. The number of benzene rings is 2. The van der Waals surface area contributed by atoms with E-state index in [0.29, 0.717) is 11.5 Å². The Morgan fingerprint density at radius 1 is 0.818 bits per heavy atom. The van der Waals surface area contributed by atoms with Gasteiger partial charge in [-0.1, -0.05) is 0 Å². The zero-order valence-corrected chi connectivity index (χ0v) is 17.9. The van der Waals surface area contributed by atoms with Gasteiger partial charge >= 0.3 is 0 Å². The molecule has 1 aliphatic heterocycles. The van der Waals surface area contributed by atoms with Crippen LogP contribution in [0.15, 0.2) is 48.5 Å². The van der Waals surface area contributed by atoms with E-state index in [1.54, 1.807) is 13.8 Å². The smallest absolute Gasteiger partial charge is 0.269 e. The van der Waals surface area contributed by atoms with Crippen LogP contribution in [0, 0.1) is 20.2 Å². The number of hydrogen-bond acceptors (Lipinski definition) is 10. The third kappa shape index (κ3) is 6.35. The minimum Gasteiger partial charge on any atom is -0.491 e. The van der Waals surface area contributed by atoms with Crippen LogP contribution in [0.4, 0.5) is 11.4 Å². The Kier molecular flexibility index (Phi) is 7.43. The molecule has 0 aliphatic carbocycles. The Morgan fingerprint density at radius 3 is 1.45 bits per heavy atom. The fourth-order valence-corrected chi connectivity index (χ4v) is 3.29. The number of rotatable bonds is 10. The van der Waals surface area contributed by atoms with Crippen LogP contribution in [0.3, 0.4) is 0 Å². The second-order valence-electron chi connectivity index (χ2n) is 7.82. The van der Waals surface area contributed by atoms with E-state index in [4.69, 9.17) is 18.9 Å². The van der Waals surface area contributed by atoms with Gasteiger partial charge in [0.1, 0.15) is 49.1 Å². The lowest BCUT2D eigenvalue weighted by Crippen LogP contribution is -2.46. The summed E-state index contributed by atoms with van der Waals surface area (Å²) in [6.07, 6.45) is -4.29. The molecule has 0 radical (unpaired) electrons. The van der Waals surface area contributed by atoms with E-state index in [9.17, 15) is 30.4 Å². The van der Waals surface area contributed by atoms with Crippen LogP contribution in [-0.4, -0.2) is 63.5 Å². The van der Waals surface area contributed by atoms with Gasteiger partial charge in [0.2, 0.25) is 0 Å². The van der Waals surface area contributed by atoms with E-state index in [2.05, 4.69) is 0 Å². The summed E-state index contributed by atoms with van der Waals surface area (Å²) in [5, 5.41) is 42.7. The van der Waals surface area contributed by atoms with Crippen molar-refractivity contribution in [3.63, 3.8) is 0 Å². The molecule has 3 rings (SSSR count). The molecule has 2 aromatic rings. The Hall–Kier alpha value is -3.32. The highest BCUT2D eigenvalue weighted by atomic mass is 16.8. The van der Waals surface area contributed by atoms with Crippen molar-refractivity contribution in [1.82, 2.24) is 0 Å². The monoisotopic (exact) mass is 464 g/mol. The first-order chi connectivity index (χ1) is 15.6. The SMILES string of the molecule is CC1(C)O[C@H]([C@H](O)COc2ccc([N+](=O)[O-])cc2)[C@@H]([C@H](O)COc2ccc([N+](=O)[O-])cc2)O1. The third-order valence-electron chi connectivity index (χ3n) is 4.86. The summed E-state index contributed by atoms with van der Waals surface area (Å²) in [6, 6.07) is 10.8. The third-order valence-corrected chi connectivity index (χ3v) is 4.86. The van der Waals surface area contributed by atoms with Crippen molar-refractivity contribution in [3.8, 4) is 11.5 Å². The molecule has 2 aromatic carbocycles. The second-order valence-corrected chi connectivity index (χ2v) is 7.82. The molecule has 0 aromatic heterocycles. The van der Waals surface area contributed by atoms with Gasteiger partial charge in [-0.25, -0.2) is 0 Å². The van der Waals surface area contributed by atoms with Crippen LogP contribution in [0.5, 0.6) is 11.5 Å². The maximum absolute atomic E-state index is 10.7. The standard InChI is InChI=1S/C21H24N2O10/c1-21(2)32-19(17(24)11-30-15-7-3-13(4-8-15)22(26)27)20(33-21)18(25)12-31-16-9-5-14(6-10-16)23(28)29/h3-10,17-20,24-25H,11-12H2,1-2H3/t17-,18-,19-,20-/m1/s1. The van der Waals surface area contributed by atoms with Crippen LogP contribution < -0.4 is 9.47 Å². The summed E-state index contributed by atoms with van der Waals surface area (Å²) in [4.78, 5) is 20.4. The van der Waals surface area contributed by atoms with Crippen molar-refractivity contribution < 1.29 is 39.0 Å². The van der Waals surface area contributed by atoms with E-state index < -0.39 is 40.0 Å². The van der Waals surface area contributed by atoms with Crippen molar-refractivity contribution >= 4 is 11.4 Å². The molecule has 0 unspecified atom stereocenters. The predicted molar refractivity (Wildman–Crippen MR) is 113 cm³/mol. The molecule has 0 bridgehead atoms. The van der Waals surface area contributed by atoms with Crippen LogP contribution in [-0.2, 0) is 9.47 Å². The summed E-state index contributed by atoms with van der Waals surface area (Å²) < 4.78 is 22.5. The van der Waals surface area contributed by atoms with Crippen LogP contribution in [0.1, 0.15) is 13.8 Å². The molecule has 12 nitrogen and oxygen atoms in total. The van der Waals surface area contributed by atoms with E-state index >= 15 is 0 Å². The Bertz CT molecular complexity index is 887. The van der Waals surface area contributed by atoms with Gasteiger partial charge in [0.15, 0.2) is 5.79 Å². The highest BCUT2D eigenvalue weighted by Gasteiger charge is 2.48. The first-order valence-corrected chi connectivity index (χ1v) is 10.0. The highest BCUT2D eigenvalue weighted by molar-refractivity contribution is 5.36. The topological polar surface area (TPSA) is 164 Å². The number of aliphatic hydroxyl groups is 2. The molecular formula is C21H24N2O10. The predicted octanol–water partition coefficient (Wildman–Crippen LogP) is 2.20. The number of nitrogens with zero attached hydrogens (tertiary/aromatic N) is 2. The fraction of sp³-hybridized carbons (Fsp3) is 0.429. The maximum atomic E-state index is 10.7. The lowest BCUT2D eigenvalue weighted by Gasteiger charge is -2.25. The van der Waals surface area contributed by atoms with Gasteiger partial charge < -0.3 is 29.2 Å². The van der Waals surface area contributed by atoms with Crippen molar-refractivity contribution in [2.24, 2.45) is 0 Å². The Labute approximate surface area is 188 Å². The van der Waals surface area contributed by atoms with E-state index in [0.717, 1.165) is 0 Å². The van der Waals surface area contributed by atoms with Crippen molar-refractivity contribution in [3.05, 3.63) is 68.8 Å². The minimum atomic E-state index is -1.19. The van der Waals surface area contributed by atoms with Crippen LogP contribution in [0.25, 0.3) is 0 Å². The van der Waals surface area contributed by atoms with E-state index in [1.807, 2.05) is 0 Å². The molecule has 12 heteroatoms. The molecule has 0 saturated carbocycles. The Balaban J connectivity index is 1.58. The molecule has 1 saturated heterocycles. The van der Waals surface area contributed by atoms with Gasteiger partial charge in [-0.3, -0.25) is 20.2 Å². The number of ether oxygens (including phenoxy) is 4. The fourth-order valence-electron chi connectivity index (χ4n) is 3.29. The number of nitro groups is 2. The molecule has 0 amide bonds. The normalized spacial score (nSPS) is 21.2. The molecule has 0 spiro atoms. The lowest BCUT2D eigenvalue weighted by molar-refractivity contribution is -0.385. The van der Waals surface area contributed by atoms with Crippen molar-refractivity contribution in [2.45, 2.75) is 44.1 Å². The van der Waals surface area contributed by atoms with Gasteiger partial charge in [-0.05, 0) is 38.1 Å². The van der Waals surface area contributed by atoms with Gasteiger partial charge in [0, 0.05) is 24.3 Å². The average Bonchev–Trinajstić information content (AvgIpc) is 3.12. The number of nitro benzene ring substituents is 2. The summed E-state index contributed by atoms with van der Waals surface area (Å²) in [7, 11) is 0. The van der Waals surface area contributed by atoms with Crippen LogP contribution in [0.2, 0.25) is 0 Å². The maximum Gasteiger partial charge on any atom is 0.269 e. The molecular weight excluding hydrogens is 440 g/mol. The Morgan fingerprint density at radius 2 is 1.15 bits per heavy atom. The molecule has 1 heterocycles. The largest absolute Gasteiger partial charge is 0.491 e. The van der Waals surface area contributed by atoms with Gasteiger partial charge in [-0.15, -0.1) is 0 Å². The minimum absolute atomic E-state index is 0.0895. The van der Waals surface area contributed by atoms with E-state index in [-0.39, 0.29) is 24.6 Å². The van der Waals surface area contributed by atoms with Crippen molar-refractivity contribution in [1.29, 1.82) is 0 Å².